The van der Waals surface area contributed by atoms with Gasteiger partial charge in [0.25, 0.3) is 5.91 Å². The Labute approximate surface area is 167 Å². The lowest BCUT2D eigenvalue weighted by atomic mass is 10.2. The molecule has 2 aromatic carbocycles. The van der Waals surface area contributed by atoms with Crippen molar-refractivity contribution < 1.29 is 14.4 Å². The first-order valence-corrected chi connectivity index (χ1v) is 9.79. The minimum absolute atomic E-state index is 0.0141. The van der Waals surface area contributed by atoms with Crippen molar-refractivity contribution in [2.45, 2.75) is 31.9 Å². The van der Waals surface area contributed by atoms with E-state index in [1.807, 2.05) is 62.4 Å². The fourth-order valence-electron chi connectivity index (χ4n) is 2.71. The Hall–Kier alpha value is -2.93. The quantitative estimate of drug-likeness (QED) is 0.781. The van der Waals surface area contributed by atoms with Crippen LogP contribution >= 0.6 is 11.8 Å². The van der Waals surface area contributed by atoms with Gasteiger partial charge in [0.1, 0.15) is 5.25 Å². The Morgan fingerprint density at radius 3 is 2.43 bits per heavy atom. The van der Waals surface area contributed by atoms with Gasteiger partial charge in [0.2, 0.25) is 11.8 Å². The zero-order chi connectivity index (χ0) is 20.1. The number of carbonyl (C=O) groups excluding carboxylic acids is 3. The number of benzene rings is 2. The average molecular weight is 395 g/mol. The van der Waals surface area contributed by atoms with Gasteiger partial charge in [0.15, 0.2) is 0 Å². The summed E-state index contributed by atoms with van der Waals surface area (Å²) in [5.41, 5.74) is 3.47. The van der Waals surface area contributed by atoms with Crippen molar-refractivity contribution in [3.8, 4) is 0 Å². The molecular weight excluding hydrogens is 374 g/mol. The first-order chi connectivity index (χ1) is 13.4. The Morgan fingerprint density at radius 2 is 1.71 bits per heavy atom. The smallest absolute Gasteiger partial charge is 0.260 e. The maximum atomic E-state index is 12.3. The zero-order valence-electron chi connectivity index (χ0n) is 15.7. The SMILES string of the molecule is Cc1ccc(NC(=O)CC2=NC(=O)[C@@H](CC(=O)Nc3ccccc3C)S2)cc1. The van der Waals surface area contributed by atoms with Gasteiger partial charge in [-0.15, -0.1) is 0 Å². The minimum Gasteiger partial charge on any atom is -0.326 e. The lowest BCUT2D eigenvalue weighted by molar-refractivity contribution is -0.121. The van der Waals surface area contributed by atoms with Crippen molar-refractivity contribution >= 4 is 45.9 Å². The lowest BCUT2D eigenvalue weighted by Crippen LogP contribution is -2.21. The van der Waals surface area contributed by atoms with E-state index >= 15 is 0 Å². The zero-order valence-corrected chi connectivity index (χ0v) is 16.5. The molecule has 3 amide bonds. The molecule has 1 atom stereocenters. The summed E-state index contributed by atoms with van der Waals surface area (Å²) in [6, 6.07) is 14.9. The highest BCUT2D eigenvalue weighted by molar-refractivity contribution is 8.15. The summed E-state index contributed by atoms with van der Waals surface area (Å²) in [6.07, 6.45) is 0.0324. The van der Waals surface area contributed by atoms with Gasteiger partial charge in [0.05, 0.1) is 11.5 Å². The number of para-hydroxylation sites is 1. The van der Waals surface area contributed by atoms with E-state index in [-0.39, 0.29) is 30.6 Å². The monoisotopic (exact) mass is 395 g/mol. The number of aryl methyl sites for hydroxylation is 2. The molecule has 0 aliphatic carbocycles. The second kappa shape index (κ2) is 8.84. The predicted molar refractivity (Wildman–Crippen MR) is 113 cm³/mol. The molecule has 2 N–H and O–H groups in total. The van der Waals surface area contributed by atoms with Crippen LogP contribution in [0.2, 0.25) is 0 Å². The molecule has 144 valence electrons. The fraction of sp³-hybridized carbons (Fsp3) is 0.238. The van der Waals surface area contributed by atoms with Gasteiger partial charge in [-0.3, -0.25) is 14.4 Å². The van der Waals surface area contributed by atoms with Gasteiger partial charge in [-0.1, -0.05) is 47.7 Å². The first kappa shape index (κ1) is 19.8. The van der Waals surface area contributed by atoms with Crippen LogP contribution in [0.3, 0.4) is 0 Å². The van der Waals surface area contributed by atoms with Crippen LogP contribution < -0.4 is 10.6 Å². The van der Waals surface area contributed by atoms with Gasteiger partial charge < -0.3 is 10.6 Å². The third-order valence-electron chi connectivity index (χ3n) is 4.23. The molecule has 0 saturated carbocycles. The number of hydrogen-bond acceptors (Lipinski definition) is 4. The summed E-state index contributed by atoms with van der Waals surface area (Å²) < 4.78 is 0. The number of amides is 3. The lowest BCUT2D eigenvalue weighted by Gasteiger charge is -2.10. The Kier molecular flexibility index (Phi) is 6.26. The summed E-state index contributed by atoms with van der Waals surface area (Å²) in [7, 11) is 0. The standard InChI is InChI=1S/C21H21N3O3S/c1-13-7-9-15(10-8-13)22-19(26)12-20-24-21(27)17(28-20)11-18(25)23-16-6-4-3-5-14(16)2/h3-10,17H,11-12H2,1-2H3,(H,22,26)(H,23,25)/t17-/m1/s1. The van der Waals surface area contributed by atoms with Crippen LogP contribution in [-0.4, -0.2) is 28.0 Å². The van der Waals surface area contributed by atoms with Gasteiger partial charge in [-0.25, -0.2) is 4.99 Å². The molecule has 1 aliphatic rings. The summed E-state index contributed by atoms with van der Waals surface area (Å²) in [5, 5.41) is 5.44. The molecule has 0 aromatic heterocycles. The number of anilines is 2. The predicted octanol–water partition coefficient (Wildman–Crippen LogP) is 3.70. The van der Waals surface area contributed by atoms with Crippen LogP contribution in [-0.2, 0) is 14.4 Å². The number of nitrogens with zero attached hydrogens (tertiary/aromatic N) is 1. The van der Waals surface area contributed by atoms with Crippen LogP contribution in [0.25, 0.3) is 0 Å². The molecule has 0 spiro atoms. The van der Waals surface area contributed by atoms with Crippen molar-refractivity contribution in [2.24, 2.45) is 4.99 Å². The van der Waals surface area contributed by atoms with E-state index in [4.69, 9.17) is 0 Å². The molecule has 2 aromatic rings. The van der Waals surface area contributed by atoms with E-state index in [1.54, 1.807) is 0 Å². The third-order valence-corrected chi connectivity index (χ3v) is 5.39. The van der Waals surface area contributed by atoms with Crippen molar-refractivity contribution in [1.82, 2.24) is 0 Å². The molecule has 28 heavy (non-hydrogen) atoms. The minimum atomic E-state index is -0.591. The fourth-order valence-corrected chi connectivity index (χ4v) is 3.78. The summed E-state index contributed by atoms with van der Waals surface area (Å²) in [5.74, 6) is -0.864. The molecule has 0 saturated heterocycles. The number of nitrogens with one attached hydrogen (secondary N) is 2. The number of rotatable bonds is 6. The van der Waals surface area contributed by atoms with Crippen LogP contribution in [0.4, 0.5) is 11.4 Å². The maximum Gasteiger partial charge on any atom is 0.260 e. The molecule has 3 rings (SSSR count). The van der Waals surface area contributed by atoms with Crippen LogP contribution in [0.5, 0.6) is 0 Å². The normalized spacial score (nSPS) is 15.9. The Balaban J connectivity index is 1.50. The topological polar surface area (TPSA) is 87.6 Å². The molecule has 1 heterocycles. The highest BCUT2D eigenvalue weighted by Gasteiger charge is 2.31. The van der Waals surface area contributed by atoms with Gasteiger partial charge in [-0.05, 0) is 37.6 Å². The second-order valence-electron chi connectivity index (χ2n) is 6.61. The number of thioether (sulfide) groups is 1. The first-order valence-electron chi connectivity index (χ1n) is 8.91. The molecule has 0 radical (unpaired) electrons. The van der Waals surface area contributed by atoms with Crippen LogP contribution in [0.1, 0.15) is 24.0 Å². The highest BCUT2D eigenvalue weighted by Crippen LogP contribution is 2.28. The maximum absolute atomic E-state index is 12.3. The third kappa shape index (κ3) is 5.29. The molecule has 7 heteroatoms. The average Bonchev–Trinajstić information content (AvgIpc) is 2.97. The van der Waals surface area contributed by atoms with E-state index in [1.165, 1.54) is 11.8 Å². The van der Waals surface area contributed by atoms with E-state index in [2.05, 4.69) is 15.6 Å². The largest absolute Gasteiger partial charge is 0.326 e. The molecule has 0 bridgehead atoms. The van der Waals surface area contributed by atoms with E-state index in [0.29, 0.717) is 10.7 Å². The number of hydrogen-bond donors (Lipinski definition) is 2. The molecule has 6 nitrogen and oxygen atoms in total. The van der Waals surface area contributed by atoms with E-state index < -0.39 is 5.25 Å². The van der Waals surface area contributed by atoms with Crippen molar-refractivity contribution in [1.29, 1.82) is 0 Å². The molecule has 0 fully saturated rings. The number of aliphatic imine (C=N–C) groups is 1. The van der Waals surface area contributed by atoms with Crippen molar-refractivity contribution in [2.75, 3.05) is 10.6 Å². The van der Waals surface area contributed by atoms with Crippen molar-refractivity contribution in [3.63, 3.8) is 0 Å². The summed E-state index contributed by atoms with van der Waals surface area (Å²) >= 11 is 1.18. The van der Waals surface area contributed by atoms with Crippen molar-refractivity contribution in [3.05, 3.63) is 59.7 Å². The van der Waals surface area contributed by atoms with E-state index in [0.717, 1.165) is 16.8 Å². The molecule has 1 aliphatic heterocycles. The molecule has 0 unspecified atom stereocenters. The van der Waals surface area contributed by atoms with Crippen LogP contribution in [0, 0.1) is 13.8 Å². The summed E-state index contributed by atoms with van der Waals surface area (Å²) in [6.45, 7) is 3.87. The number of carbonyl (C=O) groups is 3. The Morgan fingerprint density at radius 1 is 1.00 bits per heavy atom. The van der Waals surface area contributed by atoms with Gasteiger partial charge in [-0.2, -0.15) is 0 Å². The summed E-state index contributed by atoms with van der Waals surface area (Å²) in [4.78, 5) is 40.5. The second-order valence-corrected chi connectivity index (χ2v) is 7.88. The van der Waals surface area contributed by atoms with Gasteiger partial charge in [0, 0.05) is 17.8 Å². The Bertz CT molecular complexity index is 938. The van der Waals surface area contributed by atoms with E-state index in [9.17, 15) is 14.4 Å². The van der Waals surface area contributed by atoms with Crippen LogP contribution in [0.15, 0.2) is 53.5 Å². The molecular formula is C21H21N3O3S. The van der Waals surface area contributed by atoms with Gasteiger partial charge >= 0.3 is 0 Å². The highest BCUT2D eigenvalue weighted by atomic mass is 32.2.